The first kappa shape index (κ1) is 21.4. The molecule has 4 aromatic rings. The second kappa shape index (κ2) is 8.58. The number of nitrogens with zero attached hydrogens (tertiary/aromatic N) is 7. The van der Waals surface area contributed by atoms with Crippen molar-refractivity contribution in [1.82, 2.24) is 34.8 Å². The summed E-state index contributed by atoms with van der Waals surface area (Å²) >= 11 is 0. The molecule has 2 aliphatic rings. The largest absolute Gasteiger partial charge is 0.370 e. The maximum atomic E-state index is 12.3. The summed E-state index contributed by atoms with van der Waals surface area (Å²) in [7, 11) is 1.80. The van der Waals surface area contributed by atoms with E-state index in [0.29, 0.717) is 60.0 Å². The first-order chi connectivity index (χ1) is 17.0. The maximum absolute atomic E-state index is 12.3. The molecule has 0 saturated carbocycles. The van der Waals surface area contributed by atoms with Gasteiger partial charge < -0.3 is 19.5 Å². The molecule has 1 fully saturated rings. The van der Waals surface area contributed by atoms with E-state index in [-0.39, 0.29) is 17.9 Å². The van der Waals surface area contributed by atoms with Crippen molar-refractivity contribution in [3.8, 4) is 22.8 Å². The molecule has 0 bridgehead atoms. The van der Waals surface area contributed by atoms with Gasteiger partial charge in [0.1, 0.15) is 17.4 Å². The van der Waals surface area contributed by atoms with E-state index in [1.807, 2.05) is 35.9 Å². The second-order valence-electron chi connectivity index (χ2n) is 8.84. The summed E-state index contributed by atoms with van der Waals surface area (Å²) in [5, 5.41) is 11.9. The molecular weight excluding hydrogens is 448 g/mol. The summed E-state index contributed by atoms with van der Waals surface area (Å²) in [5.74, 6) is 1.42. The van der Waals surface area contributed by atoms with Crippen molar-refractivity contribution < 1.29 is 14.1 Å². The first-order valence-corrected chi connectivity index (χ1v) is 11.5. The van der Waals surface area contributed by atoms with Gasteiger partial charge in [0.25, 0.3) is 0 Å². The lowest BCUT2D eigenvalue weighted by Crippen LogP contribution is -2.24. The molecule has 178 valence electrons. The minimum Gasteiger partial charge on any atom is -0.370 e. The Bertz CT molecular complexity index is 1400. The number of aromatic nitrogens is 6. The summed E-state index contributed by atoms with van der Waals surface area (Å²) in [4.78, 5) is 27.7. The highest BCUT2D eigenvalue weighted by molar-refractivity contribution is 5.85. The molecule has 11 heteroatoms. The van der Waals surface area contributed by atoms with Gasteiger partial charge in [0.15, 0.2) is 5.82 Å². The SMILES string of the molecule is C[C@H]1Cn2nc(Nc3nccc(-c4cccc(-c5cc([C@@H]6CCN(C)C6=O)on5)n4)n3)cc2CO1. The molecule has 1 N–H and O–H groups in total. The van der Waals surface area contributed by atoms with Crippen LogP contribution in [0.1, 0.15) is 30.7 Å². The molecule has 2 atom stereocenters. The molecule has 11 nitrogen and oxygen atoms in total. The number of fused-ring (bicyclic) bond motifs is 1. The highest BCUT2D eigenvalue weighted by Gasteiger charge is 2.33. The Labute approximate surface area is 201 Å². The average molecular weight is 473 g/mol. The van der Waals surface area contributed by atoms with Crippen molar-refractivity contribution in [3.63, 3.8) is 0 Å². The predicted molar refractivity (Wildman–Crippen MR) is 126 cm³/mol. The third kappa shape index (κ3) is 4.14. The van der Waals surface area contributed by atoms with Crippen LogP contribution in [0.5, 0.6) is 0 Å². The number of carbonyl (C=O) groups excluding carboxylic acids is 1. The number of rotatable bonds is 5. The van der Waals surface area contributed by atoms with E-state index in [1.54, 1.807) is 30.3 Å². The molecular formula is C24H24N8O3. The van der Waals surface area contributed by atoms with Gasteiger partial charge in [-0.1, -0.05) is 11.2 Å². The normalized spacial score (nSPS) is 19.7. The molecule has 0 radical (unpaired) electrons. The summed E-state index contributed by atoms with van der Waals surface area (Å²) in [5.41, 5.74) is 3.55. The van der Waals surface area contributed by atoms with E-state index in [0.717, 1.165) is 12.1 Å². The van der Waals surface area contributed by atoms with Crippen LogP contribution in [0.2, 0.25) is 0 Å². The predicted octanol–water partition coefficient (Wildman–Crippen LogP) is 3.00. The van der Waals surface area contributed by atoms with Gasteiger partial charge in [0.05, 0.1) is 42.0 Å². The lowest BCUT2D eigenvalue weighted by atomic mass is 10.0. The Morgan fingerprint density at radius 3 is 2.74 bits per heavy atom. The quantitative estimate of drug-likeness (QED) is 0.467. The number of ether oxygens (including phenoxy) is 1. The standard InChI is InChI=1S/C24H24N8O3/c1-14-12-32-15(13-34-14)10-22(29-32)28-24-25-8-6-19(27-24)17-4-3-5-18(26-17)20-11-21(35-30-20)16-7-9-31(2)23(16)33/h3-6,8,10-11,14,16H,7,9,12-13H2,1-2H3,(H,25,27,28,29)/t14-,16-/m0/s1. The van der Waals surface area contributed by atoms with Crippen molar-refractivity contribution >= 4 is 17.7 Å². The summed E-state index contributed by atoms with van der Waals surface area (Å²) in [6.07, 6.45) is 2.53. The summed E-state index contributed by atoms with van der Waals surface area (Å²) in [6, 6.07) is 11.2. The lowest BCUT2D eigenvalue weighted by molar-refractivity contribution is -0.128. The van der Waals surface area contributed by atoms with E-state index in [1.165, 1.54) is 0 Å². The number of anilines is 2. The molecule has 6 heterocycles. The van der Waals surface area contributed by atoms with Gasteiger partial charge in [-0.25, -0.2) is 15.0 Å². The molecule has 0 unspecified atom stereocenters. The monoisotopic (exact) mass is 472 g/mol. The number of nitrogens with one attached hydrogen (secondary N) is 1. The minimum atomic E-state index is -0.289. The van der Waals surface area contributed by atoms with E-state index >= 15 is 0 Å². The lowest BCUT2D eigenvalue weighted by Gasteiger charge is -2.20. The highest BCUT2D eigenvalue weighted by Crippen LogP contribution is 2.31. The molecule has 35 heavy (non-hydrogen) atoms. The van der Waals surface area contributed by atoms with Crippen LogP contribution in [0.3, 0.4) is 0 Å². The molecule has 6 rings (SSSR count). The highest BCUT2D eigenvalue weighted by atomic mass is 16.5. The number of amides is 1. The molecule has 1 saturated heterocycles. The number of hydrogen-bond acceptors (Lipinski definition) is 9. The van der Waals surface area contributed by atoms with Crippen LogP contribution >= 0.6 is 0 Å². The fourth-order valence-corrected chi connectivity index (χ4v) is 4.37. The van der Waals surface area contributed by atoms with Gasteiger partial charge in [0, 0.05) is 31.9 Å². The molecule has 4 aromatic heterocycles. The van der Waals surface area contributed by atoms with Gasteiger partial charge in [-0.3, -0.25) is 9.48 Å². The minimum absolute atomic E-state index is 0.0519. The van der Waals surface area contributed by atoms with E-state index in [9.17, 15) is 4.79 Å². The van der Waals surface area contributed by atoms with E-state index in [4.69, 9.17) is 14.2 Å². The van der Waals surface area contributed by atoms with E-state index in [2.05, 4.69) is 25.5 Å². The smallest absolute Gasteiger partial charge is 0.233 e. The van der Waals surface area contributed by atoms with Crippen LogP contribution in [0.25, 0.3) is 22.8 Å². The molecule has 2 aliphatic heterocycles. The summed E-state index contributed by atoms with van der Waals surface area (Å²) in [6.45, 7) is 3.98. The van der Waals surface area contributed by atoms with Crippen molar-refractivity contribution in [1.29, 1.82) is 0 Å². The van der Waals surface area contributed by atoms with Crippen LogP contribution in [0, 0.1) is 0 Å². The van der Waals surface area contributed by atoms with Gasteiger partial charge in [-0.15, -0.1) is 0 Å². The Morgan fingerprint density at radius 1 is 1.09 bits per heavy atom. The Morgan fingerprint density at radius 2 is 1.91 bits per heavy atom. The second-order valence-corrected chi connectivity index (χ2v) is 8.84. The van der Waals surface area contributed by atoms with Crippen LogP contribution in [-0.4, -0.2) is 60.4 Å². The van der Waals surface area contributed by atoms with Crippen LogP contribution in [-0.2, 0) is 22.7 Å². The third-order valence-electron chi connectivity index (χ3n) is 6.28. The Kier molecular flexibility index (Phi) is 5.25. The first-order valence-electron chi connectivity index (χ1n) is 11.5. The topological polar surface area (TPSA) is 124 Å². The van der Waals surface area contributed by atoms with Gasteiger partial charge in [0.2, 0.25) is 11.9 Å². The van der Waals surface area contributed by atoms with Gasteiger partial charge in [-0.2, -0.15) is 5.10 Å². The molecule has 0 aromatic carbocycles. The number of pyridine rings is 1. The fraction of sp³-hybridized carbons (Fsp3) is 0.333. The Balaban J connectivity index is 1.23. The van der Waals surface area contributed by atoms with Crippen molar-refractivity contribution in [2.75, 3.05) is 18.9 Å². The van der Waals surface area contributed by atoms with E-state index < -0.39 is 0 Å². The number of likely N-dealkylation sites (tertiary alicyclic amines) is 1. The Hall–Kier alpha value is -4.12. The van der Waals surface area contributed by atoms with Crippen molar-refractivity contribution in [2.45, 2.75) is 38.5 Å². The van der Waals surface area contributed by atoms with Crippen molar-refractivity contribution in [3.05, 3.63) is 54.0 Å². The zero-order chi connectivity index (χ0) is 23.9. The number of carbonyl (C=O) groups is 1. The van der Waals surface area contributed by atoms with Crippen LogP contribution in [0.4, 0.5) is 11.8 Å². The van der Waals surface area contributed by atoms with Crippen LogP contribution < -0.4 is 5.32 Å². The third-order valence-corrected chi connectivity index (χ3v) is 6.28. The van der Waals surface area contributed by atoms with Crippen LogP contribution in [0.15, 0.2) is 47.1 Å². The zero-order valence-electron chi connectivity index (χ0n) is 19.4. The average Bonchev–Trinajstić information content (AvgIpc) is 3.58. The number of hydrogen-bond donors (Lipinski definition) is 1. The fourth-order valence-electron chi connectivity index (χ4n) is 4.37. The zero-order valence-corrected chi connectivity index (χ0v) is 19.4. The molecule has 0 spiro atoms. The van der Waals surface area contributed by atoms with Gasteiger partial charge in [-0.05, 0) is 31.5 Å². The van der Waals surface area contributed by atoms with Gasteiger partial charge >= 0.3 is 0 Å². The number of likely N-dealkylation sites (N-methyl/N-ethyl adjacent to an activating group) is 1. The maximum Gasteiger partial charge on any atom is 0.233 e. The van der Waals surface area contributed by atoms with Crippen molar-refractivity contribution in [2.24, 2.45) is 0 Å². The summed E-state index contributed by atoms with van der Waals surface area (Å²) < 4.78 is 13.1. The molecule has 1 amide bonds. The molecule has 0 aliphatic carbocycles.